The maximum Gasteiger partial charge on any atom is 0.232 e. The van der Waals surface area contributed by atoms with Crippen LogP contribution in [0.15, 0.2) is 48.5 Å². The third-order valence-corrected chi connectivity index (χ3v) is 6.53. The lowest BCUT2D eigenvalue weighted by Crippen LogP contribution is -2.24. The number of hydrogen-bond donors (Lipinski definition) is 2. The largest absolute Gasteiger partial charge is 0.368 e. The number of fused-ring (bicyclic) bond motifs is 1. The topological polar surface area (TPSA) is 92.8 Å². The van der Waals surface area contributed by atoms with E-state index in [1.165, 1.54) is 4.70 Å². The fourth-order valence-electron chi connectivity index (χ4n) is 3.91. The van der Waals surface area contributed by atoms with Crippen molar-refractivity contribution in [1.29, 1.82) is 0 Å². The van der Waals surface area contributed by atoms with Gasteiger partial charge in [-0.05, 0) is 50.1 Å². The molecule has 2 aromatic carbocycles. The van der Waals surface area contributed by atoms with E-state index in [0.717, 1.165) is 41.2 Å². The number of nitrogens with two attached hydrogens (primary N) is 1. The minimum atomic E-state index is 0.229. The Bertz CT molecular complexity index is 1160. The lowest BCUT2D eigenvalue weighted by Gasteiger charge is -2.22. The first-order valence-electron chi connectivity index (χ1n) is 10.1. The Labute approximate surface area is 179 Å². The molecule has 30 heavy (non-hydrogen) atoms. The van der Waals surface area contributed by atoms with Crippen molar-refractivity contribution < 1.29 is 0 Å². The van der Waals surface area contributed by atoms with Gasteiger partial charge in [0, 0.05) is 5.69 Å². The Morgan fingerprint density at radius 1 is 1.07 bits per heavy atom. The SMILES string of the molecule is Cc1ccccc1Nc1nc(N)nc(CN2CCC[C@@H]2c2nc3ccccc3s2)n1. The van der Waals surface area contributed by atoms with Gasteiger partial charge in [-0.3, -0.25) is 4.90 Å². The second kappa shape index (κ2) is 7.97. The van der Waals surface area contributed by atoms with E-state index in [9.17, 15) is 0 Å². The van der Waals surface area contributed by atoms with Gasteiger partial charge in [-0.25, -0.2) is 4.98 Å². The summed E-state index contributed by atoms with van der Waals surface area (Å²) in [6.45, 7) is 3.66. The van der Waals surface area contributed by atoms with Gasteiger partial charge in [-0.15, -0.1) is 11.3 Å². The number of benzene rings is 2. The molecule has 0 saturated carbocycles. The molecule has 1 atom stereocenters. The van der Waals surface area contributed by atoms with E-state index in [4.69, 9.17) is 10.7 Å². The average Bonchev–Trinajstić information content (AvgIpc) is 3.35. The lowest BCUT2D eigenvalue weighted by atomic mass is 10.2. The Morgan fingerprint density at radius 2 is 1.90 bits per heavy atom. The zero-order valence-corrected chi connectivity index (χ0v) is 17.6. The number of aryl methyl sites for hydroxylation is 1. The first-order valence-corrected chi connectivity index (χ1v) is 10.9. The molecule has 1 aliphatic rings. The molecule has 3 N–H and O–H groups in total. The molecule has 3 heterocycles. The van der Waals surface area contributed by atoms with Crippen LogP contribution in [0.4, 0.5) is 17.6 Å². The number of thiazole rings is 1. The lowest BCUT2D eigenvalue weighted by molar-refractivity contribution is 0.242. The number of likely N-dealkylation sites (tertiary alicyclic amines) is 1. The van der Waals surface area contributed by atoms with E-state index in [1.807, 2.05) is 37.3 Å². The fraction of sp³-hybridized carbons (Fsp3) is 0.273. The minimum absolute atomic E-state index is 0.229. The van der Waals surface area contributed by atoms with Crippen LogP contribution >= 0.6 is 11.3 Å². The van der Waals surface area contributed by atoms with Crippen molar-refractivity contribution in [3.05, 3.63) is 64.9 Å². The maximum atomic E-state index is 5.99. The van der Waals surface area contributed by atoms with Crippen molar-refractivity contribution in [1.82, 2.24) is 24.8 Å². The number of aromatic nitrogens is 4. The van der Waals surface area contributed by atoms with Crippen molar-refractivity contribution >= 4 is 39.1 Å². The smallest absolute Gasteiger partial charge is 0.232 e. The summed E-state index contributed by atoms with van der Waals surface area (Å²) in [5.41, 5.74) is 9.14. The first-order chi connectivity index (χ1) is 14.7. The molecule has 7 nitrogen and oxygen atoms in total. The summed E-state index contributed by atoms with van der Waals surface area (Å²) in [7, 11) is 0. The molecule has 0 unspecified atom stereocenters. The van der Waals surface area contributed by atoms with Gasteiger partial charge in [0.25, 0.3) is 0 Å². The zero-order valence-electron chi connectivity index (χ0n) is 16.7. The van der Waals surface area contributed by atoms with Crippen LogP contribution in [0.5, 0.6) is 0 Å². The standard InChI is InChI=1S/C22H23N7S/c1-14-7-2-3-8-15(14)25-22-27-19(26-21(23)28-22)13-29-12-6-10-17(29)20-24-16-9-4-5-11-18(16)30-20/h2-5,7-9,11,17H,6,10,12-13H2,1H3,(H3,23,25,26,27,28)/t17-/m1/s1. The Morgan fingerprint density at radius 3 is 2.77 bits per heavy atom. The van der Waals surface area contributed by atoms with Gasteiger partial charge in [0.1, 0.15) is 10.8 Å². The highest BCUT2D eigenvalue weighted by molar-refractivity contribution is 7.18. The third kappa shape index (κ3) is 3.83. The number of hydrogen-bond acceptors (Lipinski definition) is 8. The maximum absolute atomic E-state index is 5.99. The molecule has 1 aliphatic heterocycles. The van der Waals surface area contributed by atoms with Gasteiger partial charge in [0.05, 0.1) is 22.8 Å². The van der Waals surface area contributed by atoms with Crippen LogP contribution in [-0.2, 0) is 6.54 Å². The number of rotatable bonds is 5. The predicted molar refractivity (Wildman–Crippen MR) is 121 cm³/mol. The highest BCUT2D eigenvalue weighted by Crippen LogP contribution is 2.37. The van der Waals surface area contributed by atoms with Crippen LogP contribution in [0.2, 0.25) is 0 Å². The predicted octanol–water partition coefficient (Wildman–Crippen LogP) is 4.45. The molecular weight excluding hydrogens is 394 g/mol. The molecule has 0 bridgehead atoms. The van der Waals surface area contributed by atoms with E-state index < -0.39 is 0 Å². The molecule has 0 amide bonds. The first kappa shape index (κ1) is 18.9. The Balaban J connectivity index is 1.38. The monoisotopic (exact) mass is 417 g/mol. The molecule has 0 radical (unpaired) electrons. The molecule has 1 fully saturated rings. The molecule has 0 spiro atoms. The Kier molecular flexibility index (Phi) is 5.02. The molecular formula is C22H23N7S. The van der Waals surface area contributed by atoms with Crippen LogP contribution in [-0.4, -0.2) is 31.4 Å². The molecule has 5 rings (SSSR count). The molecule has 8 heteroatoms. The van der Waals surface area contributed by atoms with E-state index in [2.05, 4.69) is 43.4 Å². The number of anilines is 3. The van der Waals surface area contributed by atoms with Crippen molar-refractivity contribution in [3.8, 4) is 0 Å². The molecule has 0 aliphatic carbocycles. The minimum Gasteiger partial charge on any atom is -0.368 e. The summed E-state index contributed by atoms with van der Waals surface area (Å²) in [5.74, 6) is 1.38. The summed E-state index contributed by atoms with van der Waals surface area (Å²) in [5, 5.41) is 4.43. The molecule has 4 aromatic rings. The molecule has 2 aromatic heterocycles. The number of para-hydroxylation sites is 2. The van der Waals surface area contributed by atoms with Crippen molar-refractivity contribution in [2.75, 3.05) is 17.6 Å². The second-order valence-corrected chi connectivity index (χ2v) is 8.58. The summed E-state index contributed by atoms with van der Waals surface area (Å²) in [6, 6.07) is 16.6. The van der Waals surface area contributed by atoms with E-state index in [0.29, 0.717) is 18.3 Å². The summed E-state index contributed by atoms with van der Waals surface area (Å²) < 4.78 is 1.23. The van der Waals surface area contributed by atoms with Crippen LogP contribution in [0.25, 0.3) is 10.2 Å². The van der Waals surface area contributed by atoms with Gasteiger partial charge in [-0.1, -0.05) is 30.3 Å². The Hall–Kier alpha value is -3.10. The van der Waals surface area contributed by atoms with Crippen molar-refractivity contribution in [2.45, 2.75) is 32.4 Å². The van der Waals surface area contributed by atoms with Crippen LogP contribution in [0.1, 0.15) is 35.3 Å². The van der Waals surface area contributed by atoms with Crippen molar-refractivity contribution in [3.63, 3.8) is 0 Å². The van der Waals surface area contributed by atoms with Crippen LogP contribution < -0.4 is 11.1 Å². The van der Waals surface area contributed by atoms with Gasteiger partial charge in [0.2, 0.25) is 11.9 Å². The average molecular weight is 418 g/mol. The number of nitrogens with one attached hydrogen (secondary N) is 1. The quantitative estimate of drug-likeness (QED) is 0.495. The summed E-state index contributed by atoms with van der Waals surface area (Å²) in [4.78, 5) is 20.6. The zero-order chi connectivity index (χ0) is 20.5. The van der Waals surface area contributed by atoms with E-state index in [-0.39, 0.29) is 12.0 Å². The number of nitrogens with zero attached hydrogens (tertiary/aromatic N) is 5. The third-order valence-electron chi connectivity index (χ3n) is 5.39. The van der Waals surface area contributed by atoms with E-state index >= 15 is 0 Å². The van der Waals surface area contributed by atoms with Crippen LogP contribution in [0.3, 0.4) is 0 Å². The second-order valence-electron chi connectivity index (χ2n) is 7.52. The van der Waals surface area contributed by atoms with Gasteiger partial charge < -0.3 is 11.1 Å². The highest BCUT2D eigenvalue weighted by atomic mass is 32.1. The number of nitrogen functional groups attached to an aromatic ring is 1. The fourth-order valence-corrected chi connectivity index (χ4v) is 5.04. The summed E-state index contributed by atoms with van der Waals surface area (Å²) >= 11 is 1.78. The van der Waals surface area contributed by atoms with Crippen LogP contribution in [0, 0.1) is 6.92 Å². The van der Waals surface area contributed by atoms with Gasteiger partial charge >= 0.3 is 0 Å². The van der Waals surface area contributed by atoms with Crippen molar-refractivity contribution in [2.24, 2.45) is 0 Å². The normalized spacial score (nSPS) is 16.9. The van der Waals surface area contributed by atoms with Gasteiger partial charge in [0.15, 0.2) is 0 Å². The highest BCUT2D eigenvalue weighted by Gasteiger charge is 2.29. The molecule has 1 saturated heterocycles. The van der Waals surface area contributed by atoms with Gasteiger partial charge in [-0.2, -0.15) is 15.0 Å². The van der Waals surface area contributed by atoms with E-state index in [1.54, 1.807) is 11.3 Å². The molecule has 152 valence electrons. The summed E-state index contributed by atoms with van der Waals surface area (Å²) in [6.07, 6.45) is 2.23.